The molecule has 2 saturated heterocycles. The van der Waals surface area contributed by atoms with Crippen LogP contribution in [0.2, 0.25) is 0 Å². The van der Waals surface area contributed by atoms with Gasteiger partial charge >= 0.3 is 0 Å². The first-order valence-corrected chi connectivity index (χ1v) is 7.47. The largest absolute Gasteiger partial charge is 0.394 e. The second kappa shape index (κ2) is 7.43. The fraction of sp³-hybridized carbons (Fsp3) is 1.00. The van der Waals surface area contributed by atoms with Crippen molar-refractivity contribution in [2.24, 2.45) is 0 Å². The fourth-order valence-electron chi connectivity index (χ4n) is 2.71. The number of aliphatic hydroxyl groups excluding tert-OH is 7. The van der Waals surface area contributed by atoms with E-state index in [0.717, 1.165) is 0 Å². The summed E-state index contributed by atoms with van der Waals surface area (Å²) in [5.41, 5.74) is -2.14. The molecule has 0 aromatic heterocycles. The molecule has 0 aromatic carbocycles. The zero-order chi connectivity index (χ0) is 18.2. The maximum atomic E-state index is 10.5. The van der Waals surface area contributed by atoms with Crippen molar-refractivity contribution in [1.82, 2.24) is 0 Å². The van der Waals surface area contributed by atoms with Crippen LogP contribution in [0.4, 0.5) is 0 Å². The number of rotatable bonds is 4. The normalized spacial score (nSPS) is 51.4. The number of ether oxygens (including phenoxy) is 3. The molecule has 0 saturated carbocycles. The van der Waals surface area contributed by atoms with Crippen LogP contribution >= 0.6 is 0 Å². The maximum absolute atomic E-state index is 10.5. The Hall–Kier alpha value is -0.440. The van der Waals surface area contributed by atoms with E-state index in [2.05, 4.69) is 0 Å². The summed E-state index contributed by atoms with van der Waals surface area (Å²) in [7, 11) is 0. The Bertz CT molecular complexity index is 421. The van der Waals surface area contributed by atoms with Gasteiger partial charge in [0.2, 0.25) is 0 Å². The van der Waals surface area contributed by atoms with Gasteiger partial charge in [-0.1, -0.05) is 0 Å². The summed E-state index contributed by atoms with van der Waals surface area (Å²) in [5.74, 6) is 0. The van der Waals surface area contributed by atoms with Crippen LogP contribution in [0.25, 0.3) is 0 Å². The van der Waals surface area contributed by atoms with Crippen molar-refractivity contribution in [1.29, 1.82) is 0 Å². The van der Waals surface area contributed by atoms with Crippen molar-refractivity contribution in [2.75, 3.05) is 13.2 Å². The lowest BCUT2D eigenvalue weighted by Crippen LogP contribution is -2.67. The van der Waals surface area contributed by atoms with Crippen molar-refractivity contribution in [3.8, 4) is 0 Å². The topological polar surface area (TPSA) is 190 Å². The number of hydrogen-bond donors (Lipinski definition) is 8. The Kier molecular flexibility index (Phi) is 6.16. The van der Waals surface area contributed by atoms with E-state index in [1.807, 2.05) is 0 Å². The quantitative estimate of drug-likeness (QED) is 0.241. The third-order valence-electron chi connectivity index (χ3n) is 4.50. The molecular formula is C13H24O11. The van der Waals surface area contributed by atoms with Gasteiger partial charge in [0.05, 0.1) is 19.3 Å². The van der Waals surface area contributed by atoms with E-state index in [0.29, 0.717) is 0 Å². The van der Waals surface area contributed by atoms with Crippen molar-refractivity contribution in [2.45, 2.75) is 67.8 Å². The van der Waals surface area contributed by atoms with Gasteiger partial charge in [0, 0.05) is 0 Å². The van der Waals surface area contributed by atoms with Gasteiger partial charge in [-0.3, -0.25) is 0 Å². The molecular weight excluding hydrogens is 332 g/mol. The van der Waals surface area contributed by atoms with E-state index in [-0.39, 0.29) is 0 Å². The Labute approximate surface area is 137 Å². The van der Waals surface area contributed by atoms with Gasteiger partial charge in [-0.15, -0.1) is 0 Å². The molecule has 2 aliphatic heterocycles. The van der Waals surface area contributed by atoms with E-state index < -0.39 is 74.1 Å². The Morgan fingerprint density at radius 3 is 2.25 bits per heavy atom. The lowest BCUT2D eigenvalue weighted by Gasteiger charge is -2.47. The minimum absolute atomic E-state index is 0.578. The van der Waals surface area contributed by atoms with Gasteiger partial charge in [0.15, 0.2) is 12.6 Å². The maximum Gasteiger partial charge on any atom is 0.187 e. The molecule has 10 atom stereocenters. The molecule has 0 spiro atoms. The van der Waals surface area contributed by atoms with Crippen LogP contribution in [0.1, 0.15) is 6.92 Å². The van der Waals surface area contributed by atoms with E-state index in [1.165, 1.54) is 6.92 Å². The van der Waals surface area contributed by atoms with Crippen LogP contribution in [0.5, 0.6) is 0 Å². The van der Waals surface area contributed by atoms with E-state index in [1.54, 1.807) is 0 Å². The third-order valence-corrected chi connectivity index (χ3v) is 4.50. The van der Waals surface area contributed by atoms with Gasteiger partial charge in [-0.05, 0) is 6.92 Å². The van der Waals surface area contributed by atoms with E-state index in [9.17, 15) is 35.7 Å². The highest BCUT2D eigenvalue weighted by atomic mass is 16.7. The van der Waals surface area contributed by atoms with Crippen LogP contribution < -0.4 is 0 Å². The molecule has 142 valence electrons. The molecule has 2 rings (SSSR count). The van der Waals surface area contributed by atoms with Crippen molar-refractivity contribution in [3.63, 3.8) is 0 Å². The third kappa shape index (κ3) is 3.43. The highest BCUT2D eigenvalue weighted by Crippen LogP contribution is 2.31. The van der Waals surface area contributed by atoms with Gasteiger partial charge in [-0.2, -0.15) is 0 Å². The molecule has 0 radical (unpaired) electrons. The van der Waals surface area contributed by atoms with E-state index >= 15 is 0 Å². The lowest BCUT2D eigenvalue weighted by atomic mass is 9.86. The minimum atomic E-state index is -2.14. The first-order chi connectivity index (χ1) is 11.1. The molecule has 0 aromatic rings. The summed E-state index contributed by atoms with van der Waals surface area (Å²) >= 11 is 0. The van der Waals surface area contributed by atoms with E-state index in [4.69, 9.17) is 19.3 Å². The first-order valence-electron chi connectivity index (χ1n) is 7.47. The predicted octanol–water partition coefficient (Wildman–Crippen LogP) is -5.01. The molecule has 24 heavy (non-hydrogen) atoms. The van der Waals surface area contributed by atoms with Crippen LogP contribution in [0.3, 0.4) is 0 Å². The second-order valence-electron chi connectivity index (χ2n) is 6.10. The van der Waals surface area contributed by atoms with Gasteiger partial charge in [0.1, 0.15) is 42.2 Å². The van der Waals surface area contributed by atoms with Crippen molar-refractivity contribution < 1.29 is 55.1 Å². The first kappa shape index (κ1) is 19.9. The SMILES string of the molecule is CC(OC1OC(CO)C(O)C(O)C1O)[C@@]1(O)COC(O)C(O)C1O. The molecule has 8 N–H and O–H groups in total. The summed E-state index contributed by atoms with van der Waals surface area (Å²) in [6, 6.07) is 0. The Morgan fingerprint density at radius 1 is 1.04 bits per heavy atom. The van der Waals surface area contributed by atoms with Crippen LogP contribution in [0.15, 0.2) is 0 Å². The zero-order valence-corrected chi connectivity index (χ0v) is 12.9. The highest BCUT2D eigenvalue weighted by molar-refractivity contribution is 5.00. The lowest BCUT2D eigenvalue weighted by molar-refractivity contribution is -0.349. The minimum Gasteiger partial charge on any atom is -0.394 e. The second-order valence-corrected chi connectivity index (χ2v) is 6.10. The van der Waals surface area contributed by atoms with Gasteiger partial charge < -0.3 is 55.1 Å². The average Bonchev–Trinajstić information content (AvgIpc) is 2.56. The summed E-state index contributed by atoms with van der Waals surface area (Å²) in [6.45, 7) is 0.0591. The van der Waals surface area contributed by atoms with Crippen LogP contribution in [-0.2, 0) is 14.2 Å². The highest BCUT2D eigenvalue weighted by Gasteiger charge is 2.54. The Morgan fingerprint density at radius 2 is 1.67 bits per heavy atom. The van der Waals surface area contributed by atoms with Crippen molar-refractivity contribution >= 4 is 0 Å². The number of hydrogen-bond acceptors (Lipinski definition) is 11. The summed E-state index contributed by atoms with van der Waals surface area (Å²) in [5, 5.41) is 77.8. The molecule has 2 heterocycles. The molecule has 0 bridgehead atoms. The molecule has 2 aliphatic rings. The molecule has 11 heteroatoms. The zero-order valence-electron chi connectivity index (χ0n) is 12.9. The summed E-state index contributed by atoms with van der Waals surface area (Å²) in [4.78, 5) is 0. The fourth-order valence-corrected chi connectivity index (χ4v) is 2.71. The Balaban J connectivity index is 2.09. The molecule has 0 amide bonds. The number of aliphatic hydroxyl groups is 8. The molecule has 11 nitrogen and oxygen atoms in total. The van der Waals surface area contributed by atoms with Gasteiger partial charge in [0.25, 0.3) is 0 Å². The molecule has 9 unspecified atom stereocenters. The van der Waals surface area contributed by atoms with Crippen molar-refractivity contribution in [3.05, 3.63) is 0 Å². The average molecular weight is 356 g/mol. The van der Waals surface area contributed by atoms with Crippen LogP contribution in [0, 0.1) is 0 Å². The summed E-state index contributed by atoms with van der Waals surface area (Å²) in [6.07, 6.45) is -14.2. The standard InChI is InChI=1S/C13H24O11/c1-4(13(21)3-22-11(20)9(18)10(13)19)23-12-8(17)7(16)6(15)5(2-14)24-12/h4-12,14-21H,2-3H2,1H3/t4?,5?,6?,7?,8?,9?,10?,11?,12?,13-/m0/s1. The molecule has 0 aliphatic carbocycles. The molecule has 2 fully saturated rings. The summed E-state index contributed by atoms with van der Waals surface area (Å²) < 4.78 is 15.2. The van der Waals surface area contributed by atoms with Gasteiger partial charge in [-0.25, -0.2) is 0 Å². The smallest absolute Gasteiger partial charge is 0.187 e. The predicted molar refractivity (Wildman–Crippen MR) is 73.2 cm³/mol. The van der Waals surface area contributed by atoms with Crippen LogP contribution in [-0.4, -0.2) is 115 Å². The monoisotopic (exact) mass is 356 g/mol.